The number of amides is 1. The van der Waals surface area contributed by atoms with Gasteiger partial charge < -0.3 is 4.74 Å². The monoisotopic (exact) mass is 476 g/mol. The first-order valence-corrected chi connectivity index (χ1v) is 12.9. The molecular weight excluding hydrogens is 444 g/mol. The minimum atomic E-state index is -3.63. The summed E-state index contributed by atoms with van der Waals surface area (Å²) < 4.78 is 31.9. The standard InChI is InChI=1S/C23H32N4O5S/c1-22(2)17-6-9-23(22,3)19(13-17)25-26-20(28)15-32-21(29)16-7-11-27(12-8-16)33(30,31)18-5-4-10-24-14-18/h4-5,10,14,16-17H,6-9,11-13,15H2,1-3H3,(H,26,28)/b25-19-. The number of aromatic nitrogens is 1. The second kappa shape index (κ2) is 8.79. The summed E-state index contributed by atoms with van der Waals surface area (Å²) in [5.41, 5.74) is 3.73. The molecule has 0 aromatic carbocycles. The molecule has 3 aliphatic rings. The topological polar surface area (TPSA) is 118 Å². The minimum Gasteiger partial charge on any atom is -0.455 e. The van der Waals surface area contributed by atoms with Crippen LogP contribution in [0.2, 0.25) is 0 Å². The molecule has 33 heavy (non-hydrogen) atoms. The Hall–Kier alpha value is -2.33. The molecule has 2 heterocycles. The Morgan fingerprint density at radius 1 is 1.24 bits per heavy atom. The van der Waals surface area contributed by atoms with E-state index in [1.807, 2.05) is 0 Å². The summed E-state index contributed by atoms with van der Waals surface area (Å²) in [6.45, 7) is 6.78. The van der Waals surface area contributed by atoms with E-state index in [9.17, 15) is 18.0 Å². The molecule has 0 radical (unpaired) electrons. The van der Waals surface area contributed by atoms with Crippen molar-refractivity contribution < 1.29 is 22.7 Å². The number of hydrogen-bond donors (Lipinski definition) is 1. The number of piperidine rings is 1. The van der Waals surface area contributed by atoms with Crippen LogP contribution in [-0.2, 0) is 24.3 Å². The van der Waals surface area contributed by atoms with Crippen LogP contribution >= 0.6 is 0 Å². The van der Waals surface area contributed by atoms with Crippen molar-refractivity contribution in [2.75, 3.05) is 19.7 Å². The predicted octanol–water partition coefficient (Wildman–Crippen LogP) is 2.34. The first kappa shape index (κ1) is 23.8. The van der Waals surface area contributed by atoms with E-state index in [0.29, 0.717) is 18.8 Å². The van der Waals surface area contributed by atoms with E-state index in [-0.39, 0.29) is 28.8 Å². The van der Waals surface area contributed by atoms with Gasteiger partial charge in [0.05, 0.1) is 5.92 Å². The lowest BCUT2D eigenvalue weighted by molar-refractivity contribution is -0.153. The fraction of sp³-hybridized carbons (Fsp3) is 0.652. The van der Waals surface area contributed by atoms with Crippen LogP contribution in [0.5, 0.6) is 0 Å². The minimum absolute atomic E-state index is 0.00819. The lowest BCUT2D eigenvalue weighted by atomic mass is 9.70. The van der Waals surface area contributed by atoms with Gasteiger partial charge in [-0.05, 0) is 55.6 Å². The Kier molecular flexibility index (Phi) is 6.34. The lowest BCUT2D eigenvalue weighted by Gasteiger charge is -2.34. The van der Waals surface area contributed by atoms with Crippen molar-refractivity contribution in [1.82, 2.24) is 14.7 Å². The molecule has 1 N–H and O–H groups in total. The lowest BCUT2D eigenvalue weighted by Crippen LogP contribution is -2.41. The Morgan fingerprint density at radius 2 is 1.97 bits per heavy atom. The number of sulfonamides is 1. The van der Waals surface area contributed by atoms with Crippen LogP contribution in [0.3, 0.4) is 0 Å². The van der Waals surface area contributed by atoms with Crippen molar-refractivity contribution in [2.24, 2.45) is 27.8 Å². The molecule has 2 saturated carbocycles. The van der Waals surface area contributed by atoms with Crippen LogP contribution < -0.4 is 5.43 Å². The molecule has 0 spiro atoms. The number of carbonyl (C=O) groups excluding carboxylic acids is 2. The summed E-state index contributed by atoms with van der Waals surface area (Å²) >= 11 is 0. The van der Waals surface area contributed by atoms with Crippen molar-refractivity contribution in [2.45, 2.75) is 57.8 Å². The number of ether oxygens (including phenoxy) is 1. The van der Waals surface area contributed by atoms with Gasteiger partial charge in [0.2, 0.25) is 10.0 Å². The van der Waals surface area contributed by atoms with E-state index in [0.717, 1.165) is 18.6 Å². The van der Waals surface area contributed by atoms with Crippen LogP contribution in [0, 0.1) is 22.7 Å². The van der Waals surface area contributed by atoms with E-state index in [4.69, 9.17) is 4.74 Å². The van der Waals surface area contributed by atoms with E-state index in [1.54, 1.807) is 6.07 Å². The number of hydrogen-bond acceptors (Lipinski definition) is 7. The number of carbonyl (C=O) groups is 2. The van der Waals surface area contributed by atoms with Gasteiger partial charge in [-0.1, -0.05) is 20.8 Å². The second-order valence-corrected chi connectivity index (χ2v) is 12.0. The third-order valence-corrected chi connectivity index (χ3v) is 10.1. The van der Waals surface area contributed by atoms with Crippen molar-refractivity contribution in [3.8, 4) is 0 Å². The maximum atomic E-state index is 12.7. The van der Waals surface area contributed by atoms with Crippen LogP contribution in [-0.4, -0.2) is 55.0 Å². The molecule has 2 unspecified atom stereocenters. The van der Waals surface area contributed by atoms with Gasteiger partial charge in [0.1, 0.15) is 4.90 Å². The van der Waals surface area contributed by atoms with E-state index < -0.39 is 34.4 Å². The molecule has 1 aromatic heterocycles. The van der Waals surface area contributed by atoms with Crippen LogP contribution in [0.15, 0.2) is 34.5 Å². The average molecular weight is 477 g/mol. The zero-order chi connectivity index (χ0) is 23.9. The molecule has 1 aromatic rings. The maximum absolute atomic E-state index is 12.7. The second-order valence-electron chi connectivity index (χ2n) is 10.1. The molecule has 1 aliphatic heterocycles. The molecule has 9 nitrogen and oxygen atoms in total. The van der Waals surface area contributed by atoms with Crippen molar-refractivity contribution in [3.05, 3.63) is 24.5 Å². The Balaban J connectivity index is 1.24. The van der Waals surface area contributed by atoms with Gasteiger partial charge in [-0.2, -0.15) is 9.41 Å². The van der Waals surface area contributed by atoms with Crippen molar-refractivity contribution in [3.63, 3.8) is 0 Å². The van der Waals surface area contributed by atoms with E-state index in [1.165, 1.54) is 29.2 Å². The van der Waals surface area contributed by atoms with Crippen molar-refractivity contribution in [1.29, 1.82) is 0 Å². The molecule has 1 saturated heterocycles. The van der Waals surface area contributed by atoms with Gasteiger partial charge in [0.15, 0.2) is 6.61 Å². The Morgan fingerprint density at radius 3 is 2.55 bits per heavy atom. The summed E-state index contributed by atoms with van der Waals surface area (Å²) in [4.78, 5) is 28.6. The van der Waals surface area contributed by atoms with Crippen molar-refractivity contribution >= 4 is 27.6 Å². The fourth-order valence-electron chi connectivity index (χ4n) is 5.49. The third kappa shape index (κ3) is 4.30. The number of esters is 1. The quantitative estimate of drug-likeness (QED) is 0.497. The molecule has 10 heteroatoms. The van der Waals surface area contributed by atoms with Gasteiger partial charge in [0.25, 0.3) is 5.91 Å². The number of nitrogens with one attached hydrogen (secondary N) is 1. The van der Waals surface area contributed by atoms with Crippen LogP contribution in [0.4, 0.5) is 0 Å². The summed E-state index contributed by atoms with van der Waals surface area (Å²) in [5.74, 6) is -0.792. The molecular formula is C23H32N4O5S. The van der Waals surface area contributed by atoms with Crippen LogP contribution in [0.1, 0.15) is 52.9 Å². The molecule has 2 atom stereocenters. The molecule has 2 bridgehead atoms. The first-order chi connectivity index (χ1) is 15.6. The fourth-order valence-corrected chi connectivity index (χ4v) is 6.93. The molecule has 2 aliphatic carbocycles. The summed E-state index contributed by atoms with van der Waals surface area (Å²) in [7, 11) is -3.63. The SMILES string of the molecule is CC12CCC(C/C1=N/NC(=O)COC(=O)C1CCN(S(=O)(=O)c3cccnc3)CC1)C2(C)C. The summed E-state index contributed by atoms with van der Waals surface area (Å²) in [6, 6.07) is 3.08. The number of nitrogens with zero attached hydrogens (tertiary/aromatic N) is 3. The summed E-state index contributed by atoms with van der Waals surface area (Å²) in [6.07, 6.45) is 6.68. The highest BCUT2D eigenvalue weighted by atomic mass is 32.2. The average Bonchev–Trinajstić information content (AvgIpc) is 3.15. The number of rotatable bonds is 6. The molecule has 180 valence electrons. The van der Waals surface area contributed by atoms with Gasteiger partial charge in [-0.3, -0.25) is 14.6 Å². The molecule has 3 fully saturated rings. The predicted molar refractivity (Wildman–Crippen MR) is 121 cm³/mol. The van der Waals surface area contributed by atoms with Gasteiger partial charge in [0, 0.05) is 36.6 Å². The highest BCUT2D eigenvalue weighted by molar-refractivity contribution is 7.89. The van der Waals surface area contributed by atoms with Gasteiger partial charge >= 0.3 is 5.97 Å². The zero-order valence-corrected chi connectivity index (χ0v) is 20.2. The van der Waals surface area contributed by atoms with Crippen LogP contribution in [0.25, 0.3) is 0 Å². The van der Waals surface area contributed by atoms with E-state index >= 15 is 0 Å². The number of fused-ring (bicyclic) bond motifs is 2. The van der Waals surface area contributed by atoms with Gasteiger partial charge in [-0.15, -0.1) is 0 Å². The zero-order valence-electron chi connectivity index (χ0n) is 19.4. The number of hydrazone groups is 1. The highest BCUT2D eigenvalue weighted by Crippen LogP contribution is 2.63. The normalized spacial score (nSPS) is 28.7. The first-order valence-electron chi connectivity index (χ1n) is 11.5. The Labute approximate surface area is 195 Å². The third-order valence-electron chi connectivity index (χ3n) is 8.23. The van der Waals surface area contributed by atoms with Gasteiger partial charge in [-0.25, -0.2) is 13.8 Å². The Bertz CT molecular complexity index is 1050. The number of pyridine rings is 1. The molecule has 1 amide bonds. The van der Waals surface area contributed by atoms with E-state index in [2.05, 4.69) is 36.3 Å². The largest absolute Gasteiger partial charge is 0.455 e. The highest BCUT2D eigenvalue weighted by Gasteiger charge is 2.60. The smallest absolute Gasteiger partial charge is 0.309 e. The summed E-state index contributed by atoms with van der Waals surface area (Å²) in [5, 5.41) is 4.38. The maximum Gasteiger partial charge on any atom is 0.309 e. The molecule has 4 rings (SSSR count).